The summed E-state index contributed by atoms with van der Waals surface area (Å²) in [5.41, 5.74) is 7.47. The maximum atomic E-state index is 8.57. The number of hydrogen-bond acceptors (Lipinski definition) is 2. The molecule has 0 aliphatic rings. The Morgan fingerprint density at radius 3 is 2.64 bits per heavy atom. The van der Waals surface area contributed by atoms with E-state index in [0.717, 1.165) is 22.0 Å². The molecule has 0 radical (unpaired) electrons. The van der Waals surface area contributed by atoms with Gasteiger partial charge < -0.3 is 5.73 Å². The van der Waals surface area contributed by atoms with E-state index in [1.165, 1.54) is 0 Å². The van der Waals surface area contributed by atoms with Gasteiger partial charge in [-0.1, -0.05) is 24.3 Å². The van der Waals surface area contributed by atoms with E-state index in [2.05, 4.69) is 6.07 Å². The number of anilines is 1. The van der Waals surface area contributed by atoms with Crippen molar-refractivity contribution in [1.82, 2.24) is 0 Å². The molecule has 0 unspecified atom stereocenters. The van der Waals surface area contributed by atoms with Crippen molar-refractivity contribution in [3.8, 4) is 6.07 Å². The van der Waals surface area contributed by atoms with Crippen LogP contribution in [0.2, 0.25) is 0 Å². The lowest BCUT2D eigenvalue weighted by Gasteiger charge is -2.01. The van der Waals surface area contributed by atoms with Crippen LogP contribution < -0.4 is 5.73 Å². The average molecular weight is 182 g/mol. The molecule has 2 aromatic rings. The zero-order valence-electron chi connectivity index (χ0n) is 7.70. The molecule has 14 heavy (non-hydrogen) atoms. The molecule has 0 spiro atoms. The number of nitriles is 1. The van der Waals surface area contributed by atoms with E-state index < -0.39 is 0 Å². The van der Waals surface area contributed by atoms with Gasteiger partial charge >= 0.3 is 0 Å². The Labute approximate surface area is 82.6 Å². The molecule has 2 heteroatoms. The quantitative estimate of drug-likeness (QED) is 0.689. The van der Waals surface area contributed by atoms with Crippen molar-refractivity contribution < 1.29 is 0 Å². The molecule has 0 amide bonds. The van der Waals surface area contributed by atoms with Crippen LogP contribution >= 0.6 is 0 Å². The zero-order valence-corrected chi connectivity index (χ0v) is 7.70. The standard InChI is InChI=1S/C12H10N2/c13-6-5-9-1-2-10-3-4-12(14)8-11(10)7-9/h1-4,7-8H,5,14H2. The maximum absolute atomic E-state index is 8.57. The summed E-state index contributed by atoms with van der Waals surface area (Å²) in [7, 11) is 0. The predicted octanol–water partition coefficient (Wildman–Crippen LogP) is 2.49. The number of benzene rings is 2. The minimum atomic E-state index is 0.449. The van der Waals surface area contributed by atoms with Crippen LogP contribution in [0.25, 0.3) is 10.8 Å². The molecule has 68 valence electrons. The molecule has 0 aliphatic heterocycles. The Bertz CT molecular complexity index is 509. The highest BCUT2D eigenvalue weighted by Gasteiger charge is 1.96. The zero-order chi connectivity index (χ0) is 9.97. The molecule has 0 aliphatic carbocycles. The first-order chi connectivity index (χ1) is 6.79. The van der Waals surface area contributed by atoms with E-state index in [1.807, 2.05) is 36.4 Å². The normalized spacial score (nSPS) is 9.93. The highest BCUT2D eigenvalue weighted by molar-refractivity contribution is 5.85. The van der Waals surface area contributed by atoms with Gasteiger partial charge in [0.2, 0.25) is 0 Å². The van der Waals surface area contributed by atoms with E-state index in [-0.39, 0.29) is 0 Å². The van der Waals surface area contributed by atoms with Gasteiger partial charge in [-0.3, -0.25) is 0 Å². The Morgan fingerprint density at radius 2 is 1.86 bits per heavy atom. The van der Waals surface area contributed by atoms with Crippen molar-refractivity contribution >= 4 is 16.5 Å². The van der Waals surface area contributed by atoms with Gasteiger partial charge in [0, 0.05) is 5.69 Å². The van der Waals surface area contributed by atoms with Gasteiger partial charge in [0.25, 0.3) is 0 Å². The van der Waals surface area contributed by atoms with Crippen LogP contribution in [0.3, 0.4) is 0 Å². The van der Waals surface area contributed by atoms with E-state index >= 15 is 0 Å². The molecule has 0 atom stereocenters. The molecule has 0 heterocycles. The van der Waals surface area contributed by atoms with Gasteiger partial charge in [-0.2, -0.15) is 5.26 Å². The molecule has 2 rings (SSSR count). The molecular weight excluding hydrogens is 172 g/mol. The van der Waals surface area contributed by atoms with Gasteiger partial charge in [0.15, 0.2) is 0 Å². The average Bonchev–Trinajstić information content (AvgIpc) is 2.17. The SMILES string of the molecule is N#CCc1ccc2ccc(N)cc2c1. The highest BCUT2D eigenvalue weighted by atomic mass is 14.5. The van der Waals surface area contributed by atoms with Gasteiger partial charge in [-0.25, -0.2) is 0 Å². The van der Waals surface area contributed by atoms with E-state index in [9.17, 15) is 0 Å². The third-order valence-electron chi connectivity index (χ3n) is 2.21. The van der Waals surface area contributed by atoms with Crippen molar-refractivity contribution in [2.24, 2.45) is 0 Å². The summed E-state index contributed by atoms with van der Waals surface area (Å²) in [6, 6.07) is 13.9. The molecule has 0 saturated heterocycles. The van der Waals surface area contributed by atoms with Crippen LogP contribution in [0.15, 0.2) is 36.4 Å². The summed E-state index contributed by atoms with van der Waals surface area (Å²) < 4.78 is 0. The van der Waals surface area contributed by atoms with E-state index in [0.29, 0.717) is 6.42 Å². The van der Waals surface area contributed by atoms with E-state index in [1.54, 1.807) is 0 Å². The summed E-state index contributed by atoms with van der Waals surface area (Å²) in [5, 5.41) is 10.8. The summed E-state index contributed by atoms with van der Waals surface area (Å²) in [4.78, 5) is 0. The monoisotopic (exact) mass is 182 g/mol. The molecule has 0 bridgehead atoms. The molecular formula is C12H10N2. The van der Waals surface area contributed by atoms with Gasteiger partial charge in [0.1, 0.15) is 0 Å². The molecule has 0 saturated carbocycles. The van der Waals surface area contributed by atoms with E-state index in [4.69, 9.17) is 11.0 Å². The third-order valence-corrected chi connectivity index (χ3v) is 2.21. The number of fused-ring (bicyclic) bond motifs is 1. The number of nitrogen functional groups attached to an aromatic ring is 1. The first-order valence-electron chi connectivity index (χ1n) is 4.45. The van der Waals surface area contributed by atoms with Crippen molar-refractivity contribution in [2.45, 2.75) is 6.42 Å². The first-order valence-corrected chi connectivity index (χ1v) is 4.45. The Morgan fingerprint density at radius 1 is 1.07 bits per heavy atom. The predicted molar refractivity (Wildman–Crippen MR) is 57.7 cm³/mol. The topological polar surface area (TPSA) is 49.8 Å². The summed E-state index contributed by atoms with van der Waals surface area (Å²) >= 11 is 0. The second-order valence-electron chi connectivity index (χ2n) is 3.28. The van der Waals surface area contributed by atoms with Crippen LogP contribution in [-0.4, -0.2) is 0 Å². The summed E-state index contributed by atoms with van der Waals surface area (Å²) in [5.74, 6) is 0. The van der Waals surface area contributed by atoms with Crippen LogP contribution in [-0.2, 0) is 6.42 Å². The number of nitrogens with zero attached hydrogens (tertiary/aromatic N) is 1. The van der Waals surface area contributed by atoms with Crippen LogP contribution in [0.4, 0.5) is 5.69 Å². The molecule has 2 N–H and O–H groups in total. The smallest absolute Gasteiger partial charge is 0.0669 e. The number of hydrogen-bond donors (Lipinski definition) is 1. The lowest BCUT2D eigenvalue weighted by atomic mass is 10.1. The Hall–Kier alpha value is -2.01. The highest BCUT2D eigenvalue weighted by Crippen LogP contribution is 2.19. The van der Waals surface area contributed by atoms with Crippen molar-refractivity contribution in [3.05, 3.63) is 42.0 Å². The summed E-state index contributed by atoms with van der Waals surface area (Å²) in [6.45, 7) is 0. The van der Waals surface area contributed by atoms with Crippen LogP contribution in [0, 0.1) is 11.3 Å². The fourth-order valence-electron chi connectivity index (χ4n) is 1.52. The molecule has 2 nitrogen and oxygen atoms in total. The van der Waals surface area contributed by atoms with Crippen molar-refractivity contribution in [3.63, 3.8) is 0 Å². The maximum Gasteiger partial charge on any atom is 0.0669 e. The minimum absolute atomic E-state index is 0.449. The second-order valence-corrected chi connectivity index (χ2v) is 3.28. The Balaban J connectivity index is 2.59. The third kappa shape index (κ3) is 1.53. The van der Waals surface area contributed by atoms with Gasteiger partial charge in [-0.05, 0) is 28.5 Å². The summed E-state index contributed by atoms with van der Waals surface area (Å²) in [6.07, 6.45) is 0.449. The van der Waals surface area contributed by atoms with Crippen molar-refractivity contribution in [2.75, 3.05) is 5.73 Å². The van der Waals surface area contributed by atoms with Crippen LogP contribution in [0.5, 0.6) is 0 Å². The fraction of sp³-hybridized carbons (Fsp3) is 0.0833. The number of rotatable bonds is 1. The molecule has 0 aromatic heterocycles. The second kappa shape index (κ2) is 3.39. The molecule has 0 fully saturated rings. The largest absolute Gasteiger partial charge is 0.399 e. The van der Waals surface area contributed by atoms with Gasteiger partial charge in [-0.15, -0.1) is 0 Å². The van der Waals surface area contributed by atoms with Crippen molar-refractivity contribution in [1.29, 1.82) is 5.26 Å². The molecule has 2 aromatic carbocycles. The minimum Gasteiger partial charge on any atom is -0.399 e. The first kappa shape index (κ1) is 8.58. The Kier molecular flexibility index (Phi) is 2.08. The number of nitrogens with two attached hydrogens (primary N) is 1. The van der Waals surface area contributed by atoms with Crippen LogP contribution in [0.1, 0.15) is 5.56 Å². The fourth-order valence-corrected chi connectivity index (χ4v) is 1.52. The van der Waals surface area contributed by atoms with Gasteiger partial charge in [0.05, 0.1) is 12.5 Å². The lowest BCUT2D eigenvalue weighted by Crippen LogP contribution is -1.85. The lowest BCUT2D eigenvalue weighted by molar-refractivity contribution is 1.27.